The van der Waals surface area contributed by atoms with E-state index in [1.54, 1.807) is 0 Å². The Labute approximate surface area is 92.3 Å². The van der Waals surface area contributed by atoms with E-state index in [-0.39, 0.29) is 19.6 Å². The molecule has 7 nitrogen and oxygen atoms in total. The second-order valence-electron chi connectivity index (χ2n) is 3.58. The molecule has 0 spiro atoms. The van der Waals surface area contributed by atoms with Crippen LogP contribution in [0.5, 0.6) is 0 Å². The Morgan fingerprint density at radius 1 is 1.56 bits per heavy atom. The van der Waals surface area contributed by atoms with E-state index in [9.17, 15) is 14.7 Å². The lowest BCUT2D eigenvalue weighted by Crippen LogP contribution is -2.43. The first-order valence-electron chi connectivity index (χ1n) is 4.96. The van der Waals surface area contributed by atoms with E-state index < -0.39 is 30.3 Å². The van der Waals surface area contributed by atoms with Gasteiger partial charge in [-0.3, -0.25) is 0 Å². The molecule has 3 N–H and O–H groups in total. The van der Waals surface area contributed by atoms with Gasteiger partial charge in [-0.2, -0.15) is 0 Å². The SMILES string of the molecule is C[C@@H]1OC(=O)[C@@H](NC(=O)O)CCOC[C@H]1O. The zero-order chi connectivity index (χ0) is 12.1. The Kier molecular flexibility index (Phi) is 4.51. The van der Waals surface area contributed by atoms with E-state index in [0.29, 0.717) is 0 Å². The minimum Gasteiger partial charge on any atom is -0.465 e. The first kappa shape index (κ1) is 12.7. The standard InChI is InChI=1S/C9H15NO6/c1-5-7(11)4-15-3-2-6(8(12)16-5)10-9(13)14/h5-7,10-11H,2-4H2,1H3,(H,13,14)/t5-,6-,7+/m0/s1. The number of amides is 1. The molecule has 0 radical (unpaired) electrons. The number of carbonyl (C=O) groups is 2. The van der Waals surface area contributed by atoms with Crippen LogP contribution in [0.25, 0.3) is 0 Å². The molecule has 0 aromatic heterocycles. The zero-order valence-corrected chi connectivity index (χ0v) is 8.88. The quantitative estimate of drug-likeness (QED) is 0.519. The molecular formula is C9H15NO6. The number of aliphatic hydroxyl groups is 1. The molecule has 7 heteroatoms. The molecule has 16 heavy (non-hydrogen) atoms. The summed E-state index contributed by atoms with van der Waals surface area (Å²) in [5.74, 6) is -0.695. The number of carboxylic acid groups (broad SMARTS) is 1. The highest BCUT2D eigenvalue weighted by Gasteiger charge is 2.28. The molecule has 0 unspecified atom stereocenters. The third-order valence-electron chi connectivity index (χ3n) is 2.27. The van der Waals surface area contributed by atoms with Crippen LogP contribution in [0, 0.1) is 0 Å². The topological polar surface area (TPSA) is 105 Å². The number of rotatable bonds is 1. The van der Waals surface area contributed by atoms with Gasteiger partial charge in [0.1, 0.15) is 18.2 Å². The third kappa shape index (κ3) is 3.67. The van der Waals surface area contributed by atoms with Gasteiger partial charge in [0.15, 0.2) is 0 Å². The van der Waals surface area contributed by atoms with Crippen molar-refractivity contribution in [2.45, 2.75) is 31.6 Å². The Morgan fingerprint density at radius 2 is 2.25 bits per heavy atom. The molecule has 0 aromatic rings. The highest BCUT2D eigenvalue weighted by atomic mass is 16.6. The normalized spacial score (nSPS) is 31.9. The van der Waals surface area contributed by atoms with Crippen LogP contribution in [0.2, 0.25) is 0 Å². The monoisotopic (exact) mass is 233 g/mol. The van der Waals surface area contributed by atoms with E-state index in [1.807, 2.05) is 5.32 Å². The molecule has 3 atom stereocenters. The van der Waals surface area contributed by atoms with Crippen LogP contribution < -0.4 is 5.32 Å². The summed E-state index contributed by atoms with van der Waals surface area (Å²) in [5.41, 5.74) is 0. The van der Waals surface area contributed by atoms with Crippen LogP contribution in [0.3, 0.4) is 0 Å². The van der Waals surface area contributed by atoms with E-state index in [4.69, 9.17) is 14.6 Å². The molecule has 1 aliphatic heterocycles. The number of carbonyl (C=O) groups excluding carboxylic acids is 1. The van der Waals surface area contributed by atoms with Crippen molar-refractivity contribution in [3.63, 3.8) is 0 Å². The van der Waals surface area contributed by atoms with Gasteiger partial charge < -0.3 is 25.0 Å². The van der Waals surface area contributed by atoms with Gasteiger partial charge in [-0.15, -0.1) is 0 Å². The molecule has 1 heterocycles. The maximum Gasteiger partial charge on any atom is 0.405 e. The van der Waals surface area contributed by atoms with Gasteiger partial charge in [-0.25, -0.2) is 9.59 Å². The smallest absolute Gasteiger partial charge is 0.405 e. The Bertz CT molecular complexity index is 269. The van der Waals surface area contributed by atoms with E-state index in [1.165, 1.54) is 6.92 Å². The molecular weight excluding hydrogens is 218 g/mol. The van der Waals surface area contributed by atoms with E-state index in [0.717, 1.165) is 0 Å². The summed E-state index contributed by atoms with van der Waals surface area (Å²) in [6.07, 6.45) is -2.73. The molecule has 0 saturated carbocycles. The lowest BCUT2D eigenvalue weighted by Gasteiger charge is -2.19. The summed E-state index contributed by atoms with van der Waals surface area (Å²) in [6.45, 7) is 1.77. The Hall–Kier alpha value is -1.34. The second-order valence-corrected chi connectivity index (χ2v) is 3.58. The maximum atomic E-state index is 11.5. The largest absolute Gasteiger partial charge is 0.465 e. The van der Waals surface area contributed by atoms with Gasteiger partial charge in [0.05, 0.1) is 6.61 Å². The minimum absolute atomic E-state index is 0.0637. The van der Waals surface area contributed by atoms with Crippen molar-refractivity contribution in [3.05, 3.63) is 0 Å². The van der Waals surface area contributed by atoms with Crippen LogP contribution in [-0.2, 0) is 14.3 Å². The highest BCUT2D eigenvalue weighted by molar-refractivity contribution is 5.80. The van der Waals surface area contributed by atoms with E-state index in [2.05, 4.69) is 0 Å². The molecule has 1 fully saturated rings. The number of hydrogen-bond acceptors (Lipinski definition) is 5. The van der Waals surface area contributed by atoms with Crippen LogP contribution >= 0.6 is 0 Å². The first-order chi connectivity index (χ1) is 7.50. The van der Waals surface area contributed by atoms with Crippen LogP contribution in [0.15, 0.2) is 0 Å². The van der Waals surface area contributed by atoms with Crippen molar-refractivity contribution in [2.24, 2.45) is 0 Å². The van der Waals surface area contributed by atoms with Crippen LogP contribution in [0.4, 0.5) is 4.79 Å². The van der Waals surface area contributed by atoms with Gasteiger partial charge >= 0.3 is 12.1 Å². The summed E-state index contributed by atoms with van der Waals surface area (Å²) in [4.78, 5) is 21.9. The number of esters is 1. The summed E-state index contributed by atoms with van der Waals surface area (Å²) < 4.78 is 9.98. The summed E-state index contributed by atoms with van der Waals surface area (Å²) in [5, 5.41) is 20.0. The predicted octanol–water partition coefficient (Wildman–Crippen LogP) is -0.664. The van der Waals surface area contributed by atoms with Crippen molar-refractivity contribution < 1.29 is 29.3 Å². The second kappa shape index (κ2) is 5.66. The molecule has 0 aromatic carbocycles. The maximum absolute atomic E-state index is 11.5. The molecule has 0 bridgehead atoms. The van der Waals surface area contributed by atoms with Crippen LogP contribution in [-0.4, -0.2) is 53.7 Å². The van der Waals surface area contributed by atoms with Crippen molar-refractivity contribution in [3.8, 4) is 0 Å². The van der Waals surface area contributed by atoms with Gasteiger partial charge in [0.2, 0.25) is 0 Å². The van der Waals surface area contributed by atoms with Gasteiger partial charge in [0, 0.05) is 13.0 Å². The Morgan fingerprint density at radius 3 is 2.88 bits per heavy atom. The highest BCUT2D eigenvalue weighted by Crippen LogP contribution is 2.07. The fourth-order valence-electron chi connectivity index (χ4n) is 1.28. The molecule has 1 saturated heterocycles. The molecule has 0 aliphatic carbocycles. The molecule has 1 rings (SSSR count). The lowest BCUT2D eigenvalue weighted by molar-refractivity contribution is -0.156. The third-order valence-corrected chi connectivity index (χ3v) is 2.27. The summed E-state index contributed by atoms with van der Waals surface area (Å²) in [7, 11) is 0. The Balaban J connectivity index is 2.64. The number of ether oxygens (including phenoxy) is 2. The average molecular weight is 233 g/mol. The van der Waals surface area contributed by atoms with Gasteiger partial charge in [-0.05, 0) is 6.92 Å². The van der Waals surface area contributed by atoms with Crippen molar-refractivity contribution >= 4 is 12.1 Å². The first-order valence-corrected chi connectivity index (χ1v) is 4.96. The number of nitrogens with one attached hydrogen (secondary N) is 1. The predicted molar refractivity (Wildman–Crippen MR) is 51.9 cm³/mol. The molecule has 1 aliphatic rings. The fraction of sp³-hybridized carbons (Fsp3) is 0.778. The average Bonchev–Trinajstić information content (AvgIpc) is 2.24. The van der Waals surface area contributed by atoms with Crippen molar-refractivity contribution in [1.29, 1.82) is 0 Å². The number of cyclic esters (lactones) is 1. The van der Waals surface area contributed by atoms with Crippen molar-refractivity contribution in [1.82, 2.24) is 5.32 Å². The number of hydrogen-bond donors (Lipinski definition) is 3. The minimum atomic E-state index is -1.30. The van der Waals surface area contributed by atoms with Crippen LogP contribution in [0.1, 0.15) is 13.3 Å². The lowest BCUT2D eigenvalue weighted by atomic mass is 10.2. The van der Waals surface area contributed by atoms with Gasteiger partial charge in [0.25, 0.3) is 0 Å². The van der Waals surface area contributed by atoms with Crippen molar-refractivity contribution in [2.75, 3.05) is 13.2 Å². The molecule has 1 amide bonds. The van der Waals surface area contributed by atoms with Gasteiger partial charge in [-0.1, -0.05) is 0 Å². The summed E-state index contributed by atoms with van der Waals surface area (Å²) >= 11 is 0. The fourth-order valence-corrected chi connectivity index (χ4v) is 1.28. The molecule has 92 valence electrons. The number of aliphatic hydroxyl groups excluding tert-OH is 1. The zero-order valence-electron chi connectivity index (χ0n) is 8.88. The van der Waals surface area contributed by atoms with E-state index >= 15 is 0 Å². The summed E-state index contributed by atoms with van der Waals surface area (Å²) in [6, 6.07) is -0.953.